The zero-order valence-electron chi connectivity index (χ0n) is 27.0. The summed E-state index contributed by atoms with van der Waals surface area (Å²) in [4.78, 5) is 0. The third-order valence-electron chi connectivity index (χ3n) is 10.4. The van der Waals surface area contributed by atoms with Crippen LogP contribution in [-0.4, -0.2) is 0 Å². The minimum atomic E-state index is 0.850. The zero-order chi connectivity index (χ0) is 32.8. The molecule has 0 N–H and O–H groups in total. The normalized spacial score (nSPS) is 12.0. The zero-order valence-corrected chi connectivity index (χ0v) is 27.0. The van der Waals surface area contributed by atoms with Crippen molar-refractivity contribution in [3.8, 4) is 33.4 Å². The lowest BCUT2D eigenvalue weighted by Crippen LogP contribution is -1.91. The van der Waals surface area contributed by atoms with Crippen molar-refractivity contribution in [3.05, 3.63) is 170 Å². The van der Waals surface area contributed by atoms with Crippen LogP contribution in [0, 0.1) is 0 Å². The van der Waals surface area contributed by atoms with Gasteiger partial charge in [0.15, 0.2) is 0 Å². The van der Waals surface area contributed by atoms with Crippen LogP contribution in [0.3, 0.4) is 0 Å². The van der Waals surface area contributed by atoms with Gasteiger partial charge in [-0.15, -0.1) is 0 Å². The predicted molar refractivity (Wildman–Crippen MR) is 210 cm³/mol. The Bertz CT molecular complexity index is 3080. The van der Waals surface area contributed by atoms with E-state index in [9.17, 15) is 0 Å². The van der Waals surface area contributed by atoms with E-state index in [1.807, 2.05) is 12.1 Å². The summed E-state index contributed by atoms with van der Waals surface area (Å²) in [6.45, 7) is 0. The highest BCUT2D eigenvalue weighted by molar-refractivity contribution is 6.34. The van der Waals surface area contributed by atoms with Crippen molar-refractivity contribution in [1.82, 2.24) is 0 Å². The Morgan fingerprint density at radius 3 is 1.46 bits per heavy atom. The maximum atomic E-state index is 6.84. The molecule has 11 rings (SSSR count). The summed E-state index contributed by atoms with van der Waals surface area (Å²) < 4.78 is 13.4. The summed E-state index contributed by atoms with van der Waals surface area (Å²) in [7, 11) is 0. The van der Waals surface area contributed by atoms with Gasteiger partial charge in [-0.1, -0.05) is 146 Å². The van der Waals surface area contributed by atoms with Crippen LogP contribution in [0.15, 0.2) is 179 Å². The largest absolute Gasteiger partial charge is 0.455 e. The molecular formula is C48H28O2. The lowest BCUT2D eigenvalue weighted by Gasteiger charge is -2.18. The third-order valence-corrected chi connectivity index (χ3v) is 10.4. The van der Waals surface area contributed by atoms with Gasteiger partial charge in [0.05, 0.1) is 5.39 Å². The minimum Gasteiger partial charge on any atom is -0.455 e. The molecule has 0 saturated carbocycles. The SMILES string of the molecule is c1ccc(-c2cccc(-c3c4ccccc4c(-c4ccc5c(c4)oc4c6ccccc6c6c7ccccc7oc6c54)c4ccccc34)c2)cc1. The van der Waals surface area contributed by atoms with Gasteiger partial charge in [-0.3, -0.25) is 0 Å². The van der Waals surface area contributed by atoms with Gasteiger partial charge in [-0.25, -0.2) is 0 Å². The number of rotatable bonds is 3. The van der Waals surface area contributed by atoms with Gasteiger partial charge in [0.2, 0.25) is 0 Å². The van der Waals surface area contributed by atoms with E-state index in [1.165, 1.54) is 49.4 Å². The first-order valence-electron chi connectivity index (χ1n) is 17.1. The van der Waals surface area contributed by atoms with Gasteiger partial charge in [-0.2, -0.15) is 0 Å². The van der Waals surface area contributed by atoms with Crippen LogP contribution in [0.5, 0.6) is 0 Å². The van der Waals surface area contributed by atoms with Gasteiger partial charge in [0, 0.05) is 21.5 Å². The lowest BCUT2D eigenvalue weighted by atomic mass is 9.85. The quantitative estimate of drug-likeness (QED) is 0.180. The van der Waals surface area contributed by atoms with Crippen molar-refractivity contribution in [2.75, 3.05) is 0 Å². The summed E-state index contributed by atoms with van der Waals surface area (Å²) in [6, 6.07) is 60.7. The Balaban J connectivity index is 1.19. The Morgan fingerprint density at radius 1 is 0.260 bits per heavy atom. The Labute approximate surface area is 287 Å². The van der Waals surface area contributed by atoms with Crippen molar-refractivity contribution in [2.45, 2.75) is 0 Å². The molecule has 0 bridgehead atoms. The molecule has 0 radical (unpaired) electrons. The van der Waals surface area contributed by atoms with Crippen LogP contribution in [0.1, 0.15) is 0 Å². The molecular weight excluding hydrogens is 609 g/mol. The molecule has 0 saturated heterocycles. The summed E-state index contributed by atoms with van der Waals surface area (Å²) in [5, 5.41) is 11.5. The van der Waals surface area contributed by atoms with Crippen LogP contribution in [-0.2, 0) is 0 Å². The maximum absolute atomic E-state index is 6.84. The van der Waals surface area contributed by atoms with E-state index in [-0.39, 0.29) is 0 Å². The van der Waals surface area contributed by atoms with E-state index in [0.29, 0.717) is 0 Å². The number of fused-ring (bicyclic) bond motifs is 12. The maximum Gasteiger partial charge on any atom is 0.147 e. The summed E-state index contributed by atoms with van der Waals surface area (Å²) in [5.41, 5.74) is 10.7. The van der Waals surface area contributed by atoms with Crippen LogP contribution in [0.25, 0.3) is 110 Å². The lowest BCUT2D eigenvalue weighted by molar-refractivity contribution is 0.665. The first-order chi connectivity index (χ1) is 24.8. The smallest absolute Gasteiger partial charge is 0.147 e. The molecule has 0 fully saturated rings. The van der Waals surface area contributed by atoms with Crippen LogP contribution in [0.2, 0.25) is 0 Å². The van der Waals surface area contributed by atoms with Gasteiger partial charge in [-0.05, 0) is 84.6 Å². The molecule has 0 amide bonds. The number of hydrogen-bond acceptors (Lipinski definition) is 2. The fourth-order valence-electron chi connectivity index (χ4n) is 8.29. The Kier molecular flexibility index (Phi) is 5.70. The third kappa shape index (κ3) is 3.85. The summed E-state index contributed by atoms with van der Waals surface area (Å²) >= 11 is 0. The topological polar surface area (TPSA) is 26.3 Å². The standard InChI is InChI=1S/C48H28O2/c1-2-13-29(14-3-1)30-15-12-16-31(27-30)43-33-17-4-6-19-35(33)44(36-20-7-5-18-34(36)43)32-25-26-40-42(28-32)50-47-38-22-9-8-21-37(38)45-39-23-10-11-24-41(39)49-48(45)46(40)47/h1-28H. The van der Waals surface area contributed by atoms with E-state index in [1.54, 1.807) is 0 Å². The van der Waals surface area contributed by atoms with E-state index in [2.05, 4.69) is 158 Å². The first-order valence-corrected chi connectivity index (χ1v) is 17.1. The number of benzene rings is 9. The minimum absolute atomic E-state index is 0.850. The van der Waals surface area contributed by atoms with Crippen LogP contribution in [0.4, 0.5) is 0 Å². The second-order valence-electron chi connectivity index (χ2n) is 13.2. The van der Waals surface area contributed by atoms with E-state index >= 15 is 0 Å². The number of furan rings is 2. The van der Waals surface area contributed by atoms with Gasteiger partial charge in [0.1, 0.15) is 22.3 Å². The molecule has 232 valence electrons. The van der Waals surface area contributed by atoms with Gasteiger partial charge < -0.3 is 8.83 Å². The predicted octanol–water partition coefficient (Wildman–Crippen LogP) is 13.9. The molecule has 0 aliphatic carbocycles. The van der Waals surface area contributed by atoms with E-state index < -0.39 is 0 Å². The summed E-state index contributed by atoms with van der Waals surface area (Å²) in [5.74, 6) is 0. The van der Waals surface area contributed by atoms with E-state index in [4.69, 9.17) is 8.83 Å². The number of hydrogen-bond donors (Lipinski definition) is 0. The molecule has 0 aliphatic rings. The Morgan fingerprint density at radius 2 is 0.760 bits per heavy atom. The van der Waals surface area contributed by atoms with Crippen LogP contribution < -0.4 is 0 Å². The van der Waals surface area contributed by atoms with Crippen molar-refractivity contribution in [2.24, 2.45) is 0 Å². The highest BCUT2D eigenvalue weighted by atomic mass is 16.3. The van der Waals surface area contributed by atoms with Crippen LogP contribution >= 0.6 is 0 Å². The van der Waals surface area contributed by atoms with Crippen molar-refractivity contribution in [1.29, 1.82) is 0 Å². The molecule has 2 heterocycles. The highest BCUT2D eigenvalue weighted by Gasteiger charge is 2.22. The molecule has 2 aromatic heterocycles. The fraction of sp³-hybridized carbons (Fsp3) is 0. The average Bonchev–Trinajstić information content (AvgIpc) is 3.76. The Hall–Kier alpha value is -6.64. The van der Waals surface area contributed by atoms with Gasteiger partial charge in [0.25, 0.3) is 0 Å². The molecule has 50 heavy (non-hydrogen) atoms. The first kappa shape index (κ1) is 27.3. The van der Waals surface area contributed by atoms with Crippen molar-refractivity contribution < 1.29 is 8.83 Å². The van der Waals surface area contributed by atoms with Crippen molar-refractivity contribution in [3.63, 3.8) is 0 Å². The number of para-hydroxylation sites is 1. The average molecular weight is 637 g/mol. The molecule has 0 atom stereocenters. The molecule has 0 unspecified atom stereocenters. The molecule has 0 spiro atoms. The molecule has 2 nitrogen and oxygen atoms in total. The second kappa shape index (κ2) is 10.4. The monoisotopic (exact) mass is 636 g/mol. The van der Waals surface area contributed by atoms with Crippen molar-refractivity contribution >= 4 is 76.2 Å². The molecule has 2 heteroatoms. The fourth-order valence-corrected chi connectivity index (χ4v) is 8.29. The van der Waals surface area contributed by atoms with E-state index in [0.717, 1.165) is 60.2 Å². The molecule has 0 aliphatic heterocycles. The highest BCUT2D eigenvalue weighted by Crippen LogP contribution is 2.48. The second-order valence-corrected chi connectivity index (χ2v) is 13.2. The molecule has 11 aromatic rings. The molecule has 9 aromatic carbocycles. The van der Waals surface area contributed by atoms with Gasteiger partial charge >= 0.3 is 0 Å². The summed E-state index contributed by atoms with van der Waals surface area (Å²) in [6.07, 6.45) is 0.